The van der Waals surface area contributed by atoms with E-state index in [0.29, 0.717) is 18.7 Å². The third-order valence-corrected chi connectivity index (χ3v) is 5.41. The Balaban J connectivity index is 1.37. The molecule has 2 aliphatic heterocycles. The van der Waals surface area contributed by atoms with Gasteiger partial charge in [0.15, 0.2) is 0 Å². The normalized spacial score (nSPS) is 32.8. The van der Waals surface area contributed by atoms with E-state index in [1.807, 2.05) is 24.4 Å². The molecule has 1 aliphatic carbocycles. The summed E-state index contributed by atoms with van der Waals surface area (Å²) in [5, 5.41) is 0. The lowest BCUT2D eigenvalue weighted by Gasteiger charge is -2.44. The Bertz CT molecular complexity index is 492. The summed E-state index contributed by atoms with van der Waals surface area (Å²) in [6, 6.07) is 7.14. The Labute approximate surface area is 137 Å². The fourth-order valence-electron chi connectivity index (χ4n) is 4.27. The summed E-state index contributed by atoms with van der Waals surface area (Å²) < 4.78 is 17.8. The molecule has 126 valence electrons. The Morgan fingerprint density at radius 2 is 2.04 bits per heavy atom. The van der Waals surface area contributed by atoms with Crippen LogP contribution in [0.25, 0.3) is 0 Å². The van der Waals surface area contributed by atoms with Gasteiger partial charge in [-0.05, 0) is 37.8 Å². The second-order valence-electron chi connectivity index (χ2n) is 6.73. The van der Waals surface area contributed by atoms with E-state index in [9.17, 15) is 0 Å². The minimum atomic E-state index is 0.199. The maximum atomic E-state index is 6.16. The molecule has 0 radical (unpaired) electrons. The third-order valence-electron chi connectivity index (χ3n) is 5.41. The van der Waals surface area contributed by atoms with Crippen molar-refractivity contribution in [1.82, 2.24) is 9.88 Å². The first-order valence-electron chi connectivity index (χ1n) is 8.88. The second kappa shape index (κ2) is 7.26. The highest BCUT2D eigenvalue weighted by molar-refractivity contribution is 5.03. The zero-order valence-corrected chi connectivity index (χ0v) is 13.6. The van der Waals surface area contributed by atoms with Gasteiger partial charge in [-0.3, -0.25) is 9.88 Å². The molecule has 4 rings (SSSR count). The van der Waals surface area contributed by atoms with E-state index in [2.05, 4.69) is 9.88 Å². The summed E-state index contributed by atoms with van der Waals surface area (Å²) in [6.45, 7) is 4.26. The minimum Gasteiger partial charge on any atom is -0.381 e. The predicted molar refractivity (Wildman–Crippen MR) is 86.1 cm³/mol. The Kier molecular flexibility index (Phi) is 4.90. The van der Waals surface area contributed by atoms with Gasteiger partial charge in [0.2, 0.25) is 0 Å². The van der Waals surface area contributed by atoms with Gasteiger partial charge in [-0.2, -0.15) is 0 Å². The van der Waals surface area contributed by atoms with Crippen molar-refractivity contribution in [1.29, 1.82) is 0 Å². The van der Waals surface area contributed by atoms with Gasteiger partial charge < -0.3 is 14.2 Å². The molecule has 3 heterocycles. The molecule has 0 N–H and O–H groups in total. The first-order valence-corrected chi connectivity index (χ1v) is 8.88. The zero-order chi connectivity index (χ0) is 15.5. The number of rotatable bonds is 4. The molecule has 0 bridgehead atoms. The van der Waals surface area contributed by atoms with Crippen molar-refractivity contribution in [3.05, 3.63) is 30.1 Å². The molecule has 0 aromatic carbocycles. The first-order chi connectivity index (χ1) is 11.4. The lowest BCUT2D eigenvalue weighted by atomic mass is 10.0. The van der Waals surface area contributed by atoms with Gasteiger partial charge in [-0.25, -0.2) is 0 Å². The monoisotopic (exact) mass is 318 g/mol. The van der Waals surface area contributed by atoms with Crippen LogP contribution in [0.5, 0.6) is 0 Å². The Hall–Kier alpha value is -1.01. The molecule has 23 heavy (non-hydrogen) atoms. The first kappa shape index (κ1) is 15.5. The Morgan fingerprint density at radius 3 is 2.87 bits per heavy atom. The number of fused-ring (bicyclic) bond motifs is 1. The smallest absolute Gasteiger partial charge is 0.0992 e. The summed E-state index contributed by atoms with van der Waals surface area (Å²) in [7, 11) is 0. The summed E-state index contributed by atoms with van der Waals surface area (Å²) in [4.78, 5) is 7.02. The molecule has 5 heteroatoms. The predicted octanol–water partition coefficient (Wildman–Crippen LogP) is 2.01. The maximum absolute atomic E-state index is 6.16. The fourth-order valence-corrected chi connectivity index (χ4v) is 4.27. The van der Waals surface area contributed by atoms with E-state index in [1.165, 1.54) is 6.42 Å². The standard InChI is InChI=1S/C18H26N2O3/c1-2-8-19-14(3-1)13-23-17-5-4-16-18(17)22-12-9-20(16)15-6-10-21-11-7-15/h1-3,8,15-18H,4-7,9-13H2/t16-,17-,18+/m0/s1. The van der Waals surface area contributed by atoms with Gasteiger partial charge in [0, 0.05) is 38.0 Å². The van der Waals surface area contributed by atoms with Crippen LogP contribution in [0.4, 0.5) is 0 Å². The maximum Gasteiger partial charge on any atom is 0.0992 e. The van der Waals surface area contributed by atoms with Crippen LogP contribution in [-0.2, 0) is 20.8 Å². The van der Waals surface area contributed by atoms with Crippen molar-refractivity contribution in [3.8, 4) is 0 Å². The lowest BCUT2D eigenvalue weighted by molar-refractivity contribution is -0.132. The molecular formula is C18H26N2O3. The molecule has 2 saturated heterocycles. The van der Waals surface area contributed by atoms with Gasteiger partial charge in [-0.1, -0.05) is 6.07 Å². The van der Waals surface area contributed by atoms with Gasteiger partial charge in [0.1, 0.15) is 0 Å². The molecule has 0 amide bonds. The van der Waals surface area contributed by atoms with E-state index in [4.69, 9.17) is 14.2 Å². The number of ether oxygens (including phenoxy) is 3. The minimum absolute atomic E-state index is 0.199. The average Bonchev–Trinajstić information content (AvgIpc) is 3.05. The lowest BCUT2D eigenvalue weighted by Crippen LogP contribution is -2.56. The van der Waals surface area contributed by atoms with Crippen LogP contribution in [0.2, 0.25) is 0 Å². The number of aromatic nitrogens is 1. The van der Waals surface area contributed by atoms with Crippen LogP contribution >= 0.6 is 0 Å². The van der Waals surface area contributed by atoms with E-state index >= 15 is 0 Å². The second-order valence-corrected chi connectivity index (χ2v) is 6.73. The van der Waals surface area contributed by atoms with E-state index in [1.54, 1.807) is 0 Å². The SMILES string of the molecule is c1ccc(CO[C@H]2CC[C@H]3[C@H]2OCCN3C2CCOCC2)nc1. The van der Waals surface area contributed by atoms with E-state index in [0.717, 1.165) is 51.3 Å². The van der Waals surface area contributed by atoms with Gasteiger partial charge in [-0.15, -0.1) is 0 Å². The summed E-state index contributed by atoms with van der Waals surface area (Å²) in [5.41, 5.74) is 0.994. The fraction of sp³-hybridized carbons (Fsp3) is 0.722. The summed E-state index contributed by atoms with van der Waals surface area (Å²) in [5.74, 6) is 0. The van der Waals surface area contributed by atoms with Crippen molar-refractivity contribution >= 4 is 0 Å². The molecule has 3 fully saturated rings. The molecule has 3 aliphatic rings. The highest BCUT2D eigenvalue weighted by atomic mass is 16.5. The average molecular weight is 318 g/mol. The number of pyridine rings is 1. The highest BCUT2D eigenvalue weighted by Crippen LogP contribution is 2.35. The third kappa shape index (κ3) is 3.43. The molecular weight excluding hydrogens is 292 g/mol. The van der Waals surface area contributed by atoms with Crippen LogP contribution in [0.3, 0.4) is 0 Å². The van der Waals surface area contributed by atoms with Crippen LogP contribution in [-0.4, -0.2) is 60.5 Å². The molecule has 0 spiro atoms. The van der Waals surface area contributed by atoms with Crippen molar-refractivity contribution in [2.45, 2.75) is 56.6 Å². The Morgan fingerprint density at radius 1 is 1.13 bits per heavy atom. The summed E-state index contributed by atoms with van der Waals surface area (Å²) >= 11 is 0. The summed E-state index contributed by atoms with van der Waals surface area (Å²) in [6.07, 6.45) is 6.81. The molecule has 1 aromatic rings. The largest absolute Gasteiger partial charge is 0.381 e. The molecule has 0 unspecified atom stereocenters. The van der Waals surface area contributed by atoms with Gasteiger partial charge in [0.25, 0.3) is 0 Å². The van der Waals surface area contributed by atoms with Crippen molar-refractivity contribution < 1.29 is 14.2 Å². The van der Waals surface area contributed by atoms with E-state index < -0.39 is 0 Å². The molecule has 5 nitrogen and oxygen atoms in total. The number of hydrogen-bond acceptors (Lipinski definition) is 5. The van der Waals surface area contributed by atoms with Gasteiger partial charge >= 0.3 is 0 Å². The number of nitrogens with zero attached hydrogens (tertiary/aromatic N) is 2. The zero-order valence-electron chi connectivity index (χ0n) is 13.6. The van der Waals surface area contributed by atoms with Crippen molar-refractivity contribution in [3.63, 3.8) is 0 Å². The highest BCUT2D eigenvalue weighted by Gasteiger charge is 2.45. The molecule has 3 atom stereocenters. The number of hydrogen-bond donors (Lipinski definition) is 0. The number of morpholine rings is 1. The van der Waals surface area contributed by atoms with Crippen molar-refractivity contribution in [2.75, 3.05) is 26.4 Å². The van der Waals surface area contributed by atoms with Crippen LogP contribution < -0.4 is 0 Å². The molecule has 1 saturated carbocycles. The van der Waals surface area contributed by atoms with E-state index in [-0.39, 0.29) is 12.2 Å². The van der Waals surface area contributed by atoms with Gasteiger partial charge in [0.05, 0.1) is 31.1 Å². The van der Waals surface area contributed by atoms with Crippen molar-refractivity contribution in [2.24, 2.45) is 0 Å². The van der Waals surface area contributed by atoms with Crippen LogP contribution in [0.1, 0.15) is 31.4 Å². The van der Waals surface area contributed by atoms with Crippen LogP contribution in [0.15, 0.2) is 24.4 Å². The topological polar surface area (TPSA) is 43.8 Å². The molecule has 1 aromatic heterocycles. The van der Waals surface area contributed by atoms with Crippen LogP contribution in [0, 0.1) is 0 Å². The quantitative estimate of drug-likeness (QED) is 0.850.